The molecule has 1 N–H and O–H groups in total. The Bertz CT molecular complexity index is 390. The molecule has 0 aliphatic heterocycles. The largest absolute Gasteiger partial charge is 0.477 e. The fraction of sp³-hybridized carbons (Fsp3) is 0.667. The van der Waals surface area contributed by atoms with Crippen molar-refractivity contribution in [1.29, 1.82) is 0 Å². The van der Waals surface area contributed by atoms with Crippen LogP contribution in [0.5, 0.6) is 0 Å². The number of likely N-dealkylation sites (N-methyl/N-ethyl adjacent to an activating group) is 1. The summed E-state index contributed by atoms with van der Waals surface area (Å²) in [5, 5.41) is 9.72. The number of aromatic nitrogens is 1. The highest BCUT2D eigenvalue weighted by Crippen LogP contribution is 2.23. The number of thiazole rings is 1. The summed E-state index contributed by atoms with van der Waals surface area (Å²) < 4.78 is 0. The lowest BCUT2D eigenvalue weighted by Gasteiger charge is -2.25. The number of carboxylic acid groups (broad SMARTS) is 1. The number of hydrogen-bond acceptors (Lipinski definition) is 5. The molecule has 0 fully saturated rings. The van der Waals surface area contributed by atoms with Gasteiger partial charge in [0.2, 0.25) is 0 Å². The van der Waals surface area contributed by atoms with Gasteiger partial charge in [-0.05, 0) is 20.0 Å². The smallest absolute Gasteiger partial charge is 0.347 e. The van der Waals surface area contributed by atoms with Gasteiger partial charge in [-0.2, -0.15) is 0 Å². The van der Waals surface area contributed by atoms with Crippen molar-refractivity contribution in [2.45, 2.75) is 13.8 Å². The molecule has 6 heteroatoms. The number of nitrogens with zero attached hydrogens (tertiary/aromatic N) is 3. The monoisotopic (exact) mass is 271 g/mol. The van der Waals surface area contributed by atoms with Crippen LogP contribution < -0.4 is 4.90 Å². The van der Waals surface area contributed by atoms with Gasteiger partial charge in [0.1, 0.15) is 4.88 Å². The summed E-state index contributed by atoms with van der Waals surface area (Å²) in [6.45, 7) is 6.97. The van der Waals surface area contributed by atoms with Gasteiger partial charge in [0, 0.05) is 19.6 Å². The Hall–Kier alpha value is -1.14. The highest BCUT2D eigenvalue weighted by molar-refractivity contribution is 7.17. The van der Waals surface area contributed by atoms with Crippen LogP contribution in [0, 0.1) is 5.92 Å². The van der Waals surface area contributed by atoms with Crippen molar-refractivity contribution in [3.8, 4) is 0 Å². The lowest BCUT2D eigenvalue weighted by molar-refractivity contribution is 0.0702. The van der Waals surface area contributed by atoms with Gasteiger partial charge in [-0.25, -0.2) is 9.78 Å². The first-order valence-corrected chi connectivity index (χ1v) is 6.80. The van der Waals surface area contributed by atoms with Crippen LogP contribution in [-0.2, 0) is 0 Å². The van der Waals surface area contributed by atoms with Crippen LogP contribution in [0.25, 0.3) is 0 Å². The molecule has 18 heavy (non-hydrogen) atoms. The average Bonchev–Trinajstić information content (AvgIpc) is 2.72. The van der Waals surface area contributed by atoms with Crippen molar-refractivity contribution >= 4 is 22.4 Å². The summed E-state index contributed by atoms with van der Waals surface area (Å²) in [5.74, 6) is -0.389. The highest BCUT2D eigenvalue weighted by atomic mass is 32.1. The molecule has 1 aromatic rings. The zero-order chi connectivity index (χ0) is 13.7. The van der Waals surface area contributed by atoms with E-state index < -0.39 is 5.97 Å². The Morgan fingerprint density at radius 2 is 2.11 bits per heavy atom. The van der Waals surface area contributed by atoms with Gasteiger partial charge < -0.3 is 14.9 Å². The van der Waals surface area contributed by atoms with Crippen LogP contribution in [0.15, 0.2) is 6.20 Å². The van der Waals surface area contributed by atoms with E-state index in [-0.39, 0.29) is 0 Å². The molecule has 0 aliphatic carbocycles. The number of carbonyl (C=O) groups is 1. The van der Waals surface area contributed by atoms with E-state index in [1.54, 1.807) is 0 Å². The number of aromatic carboxylic acids is 1. The SMILES string of the molecule is CC(C)CN(CCN(C)C)c1ncc(C(=O)O)s1. The molecule has 1 rings (SSSR count). The molecular weight excluding hydrogens is 250 g/mol. The van der Waals surface area contributed by atoms with Gasteiger partial charge in [0.25, 0.3) is 0 Å². The first-order chi connectivity index (χ1) is 8.40. The maximum Gasteiger partial charge on any atom is 0.347 e. The number of hydrogen-bond donors (Lipinski definition) is 1. The second-order valence-electron chi connectivity index (χ2n) is 4.96. The van der Waals surface area contributed by atoms with Crippen molar-refractivity contribution in [3.63, 3.8) is 0 Å². The van der Waals surface area contributed by atoms with Crippen molar-refractivity contribution in [3.05, 3.63) is 11.1 Å². The third-order valence-corrected chi connectivity index (χ3v) is 3.42. The van der Waals surface area contributed by atoms with Gasteiger partial charge >= 0.3 is 5.97 Å². The minimum atomic E-state index is -0.907. The molecule has 0 spiro atoms. The molecule has 0 saturated heterocycles. The van der Waals surface area contributed by atoms with E-state index in [1.807, 2.05) is 14.1 Å². The summed E-state index contributed by atoms with van der Waals surface area (Å²) in [7, 11) is 4.05. The van der Waals surface area contributed by atoms with Crippen molar-refractivity contribution < 1.29 is 9.90 Å². The third-order valence-electron chi connectivity index (χ3n) is 2.38. The molecule has 0 unspecified atom stereocenters. The van der Waals surface area contributed by atoms with Crippen LogP contribution in [0.3, 0.4) is 0 Å². The zero-order valence-corrected chi connectivity index (χ0v) is 12.2. The van der Waals surface area contributed by atoms with E-state index in [0.717, 1.165) is 24.8 Å². The fourth-order valence-corrected chi connectivity index (χ4v) is 2.33. The quantitative estimate of drug-likeness (QED) is 0.820. The zero-order valence-electron chi connectivity index (χ0n) is 11.4. The lowest BCUT2D eigenvalue weighted by Crippen LogP contribution is -2.34. The summed E-state index contributed by atoms with van der Waals surface area (Å²) >= 11 is 1.24. The predicted octanol–water partition coefficient (Wildman–Crippen LogP) is 1.87. The van der Waals surface area contributed by atoms with Crippen LogP contribution in [0.1, 0.15) is 23.5 Å². The second-order valence-corrected chi connectivity index (χ2v) is 5.96. The first-order valence-electron chi connectivity index (χ1n) is 5.99. The van der Waals surface area contributed by atoms with Crippen molar-refractivity contribution in [1.82, 2.24) is 9.88 Å². The Kier molecular flexibility index (Phi) is 5.55. The number of carboxylic acids is 1. The molecule has 0 amide bonds. The van der Waals surface area contributed by atoms with E-state index in [1.165, 1.54) is 17.5 Å². The topological polar surface area (TPSA) is 56.7 Å². The van der Waals surface area contributed by atoms with Gasteiger partial charge in [-0.3, -0.25) is 0 Å². The van der Waals surface area contributed by atoms with E-state index >= 15 is 0 Å². The standard InChI is InChI=1S/C12H21N3O2S/c1-9(2)8-15(6-5-14(3)4)12-13-7-10(18-12)11(16)17/h7,9H,5-6,8H2,1-4H3,(H,16,17). The van der Waals surface area contributed by atoms with Crippen LogP contribution >= 0.6 is 11.3 Å². The van der Waals surface area contributed by atoms with E-state index in [2.05, 4.69) is 28.6 Å². The van der Waals surface area contributed by atoms with Gasteiger partial charge in [0.15, 0.2) is 5.13 Å². The molecule has 5 nitrogen and oxygen atoms in total. The highest BCUT2D eigenvalue weighted by Gasteiger charge is 2.15. The second kappa shape index (κ2) is 6.70. The Morgan fingerprint density at radius 1 is 1.44 bits per heavy atom. The molecule has 0 atom stereocenters. The molecule has 0 bridgehead atoms. The molecule has 0 radical (unpaired) electrons. The third kappa shape index (κ3) is 4.62. The summed E-state index contributed by atoms with van der Waals surface area (Å²) in [6.07, 6.45) is 1.44. The van der Waals surface area contributed by atoms with Gasteiger partial charge in [-0.15, -0.1) is 0 Å². The van der Waals surface area contributed by atoms with Crippen molar-refractivity contribution in [2.24, 2.45) is 5.92 Å². The summed E-state index contributed by atoms with van der Waals surface area (Å²) in [4.78, 5) is 19.6. The van der Waals surface area contributed by atoms with Gasteiger partial charge in [0.05, 0.1) is 6.20 Å². The van der Waals surface area contributed by atoms with E-state index in [4.69, 9.17) is 5.11 Å². The predicted molar refractivity (Wildman–Crippen MR) is 74.7 cm³/mol. The Balaban J connectivity index is 2.76. The Morgan fingerprint density at radius 3 is 2.56 bits per heavy atom. The molecular formula is C12H21N3O2S. The molecule has 0 aliphatic rings. The number of anilines is 1. The first kappa shape index (κ1) is 14.9. The summed E-state index contributed by atoms with van der Waals surface area (Å²) in [5.41, 5.74) is 0. The fourth-order valence-electron chi connectivity index (χ4n) is 1.54. The van der Waals surface area contributed by atoms with E-state index in [9.17, 15) is 4.79 Å². The van der Waals surface area contributed by atoms with Crippen LogP contribution in [0.4, 0.5) is 5.13 Å². The summed E-state index contributed by atoms with van der Waals surface area (Å²) in [6, 6.07) is 0. The minimum absolute atomic E-state index is 0.295. The minimum Gasteiger partial charge on any atom is -0.477 e. The van der Waals surface area contributed by atoms with Crippen LogP contribution in [-0.4, -0.2) is 54.7 Å². The Labute approximate surface area is 112 Å². The molecule has 0 aromatic carbocycles. The van der Waals surface area contributed by atoms with Crippen molar-refractivity contribution in [2.75, 3.05) is 38.6 Å². The molecule has 102 valence electrons. The molecule has 0 saturated carbocycles. The van der Waals surface area contributed by atoms with Crippen LogP contribution in [0.2, 0.25) is 0 Å². The lowest BCUT2D eigenvalue weighted by atomic mass is 10.2. The van der Waals surface area contributed by atoms with Gasteiger partial charge in [-0.1, -0.05) is 25.2 Å². The molecule has 1 aromatic heterocycles. The maximum atomic E-state index is 10.9. The number of rotatable bonds is 7. The maximum absolute atomic E-state index is 10.9. The normalized spacial score (nSPS) is 11.2. The average molecular weight is 271 g/mol. The van der Waals surface area contributed by atoms with E-state index in [0.29, 0.717) is 10.8 Å². The molecule has 1 heterocycles.